The van der Waals surface area contributed by atoms with Crippen LogP contribution in [0.2, 0.25) is 25.7 Å². The third-order valence-electron chi connectivity index (χ3n) is 4.17. The summed E-state index contributed by atoms with van der Waals surface area (Å²) in [4.78, 5) is 4.45. The van der Waals surface area contributed by atoms with Crippen molar-refractivity contribution in [2.45, 2.75) is 38.8 Å². The molecule has 0 spiro atoms. The Kier molecular flexibility index (Phi) is 6.27. The van der Waals surface area contributed by atoms with E-state index in [1.807, 2.05) is 6.07 Å². The van der Waals surface area contributed by atoms with E-state index in [-0.39, 0.29) is 0 Å². The van der Waals surface area contributed by atoms with Crippen molar-refractivity contribution in [1.82, 2.24) is 14.8 Å². The van der Waals surface area contributed by atoms with E-state index in [4.69, 9.17) is 4.74 Å². The van der Waals surface area contributed by atoms with E-state index in [1.54, 1.807) is 10.9 Å². The van der Waals surface area contributed by atoms with Gasteiger partial charge < -0.3 is 4.74 Å². The Bertz CT molecular complexity index is 936. The second-order valence-corrected chi connectivity index (χ2v) is 14.4. The predicted molar refractivity (Wildman–Crippen MR) is 114 cm³/mol. The molecule has 8 heteroatoms. The molecule has 1 aromatic carbocycles. The summed E-state index contributed by atoms with van der Waals surface area (Å²) in [6.07, 6.45) is 2.11. The molecule has 0 bridgehead atoms. The number of benzene rings is 1. The van der Waals surface area contributed by atoms with Gasteiger partial charge in [0, 0.05) is 38.2 Å². The molecule has 0 fully saturated rings. The van der Waals surface area contributed by atoms with Crippen LogP contribution in [0.3, 0.4) is 0 Å². The fourth-order valence-electron chi connectivity index (χ4n) is 2.72. The molecule has 3 rings (SSSR count). The predicted octanol–water partition coefficient (Wildman–Crippen LogP) is 5.22. The highest BCUT2D eigenvalue weighted by molar-refractivity contribution is 14.1. The maximum atomic E-state index is 13.4. The van der Waals surface area contributed by atoms with E-state index in [1.165, 1.54) is 12.1 Å². The van der Waals surface area contributed by atoms with Crippen molar-refractivity contribution >= 4 is 41.6 Å². The van der Waals surface area contributed by atoms with Crippen LogP contribution in [0.25, 0.3) is 10.9 Å². The number of fused-ring (bicyclic) bond motifs is 1. The van der Waals surface area contributed by atoms with Crippen LogP contribution in [0.4, 0.5) is 8.78 Å². The molecular formula is C19H22F2IN3OSi. The zero-order valence-corrected chi connectivity index (χ0v) is 18.8. The van der Waals surface area contributed by atoms with Crippen molar-refractivity contribution in [2.24, 2.45) is 0 Å². The summed E-state index contributed by atoms with van der Waals surface area (Å²) in [5.74, 6) is -1.16. The van der Waals surface area contributed by atoms with Gasteiger partial charge in [-0.15, -0.1) is 0 Å². The molecule has 0 N–H and O–H groups in total. The number of hydrogen-bond acceptors (Lipinski definition) is 3. The number of hydrogen-bond donors (Lipinski definition) is 0. The quantitative estimate of drug-likeness (QED) is 0.253. The lowest BCUT2D eigenvalue weighted by Gasteiger charge is -2.15. The first-order valence-electron chi connectivity index (χ1n) is 8.75. The number of halogens is 3. The maximum Gasteiger partial charge on any atom is 0.140 e. The molecule has 27 heavy (non-hydrogen) atoms. The molecule has 0 saturated carbocycles. The van der Waals surface area contributed by atoms with Gasteiger partial charge in [-0.2, -0.15) is 5.10 Å². The van der Waals surface area contributed by atoms with Crippen molar-refractivity contribution in [3.8, 4) is 0 Å². The summed E-state index contributed by atoms with van der Waals surface area (Å²) in [5.41, 5.74) is 2.18. The normalized spacial score (nSPS) is 12.1. The van der Waals surface area contributed by atoms with Crippen LogP contribution in [-0.2, 0) is 17.9 Å². The van der Waals surface area contributed by atoms with Crippen molar-refractivity contribution < 1.29 is 13.5 Å². The van der Waals surface area contributed by atoms with Gasteiger partial charge in [0.05, 0.1) is 11.7 Å². The number of aromatic nitrogens is 3. The van der Waals surface area contributed by atoms with Crippen LogP contribution in [-0.4, -0.2) is 29.4 Å². The van der Waals surface area contributed by atoms with Crippen molar-refractivity contribution in [3.05, 3.63) is 57.1 Å². The monoisotopic (exact) mass is 501 g/mol. The van der Waals surface area contributed by atoms with Gasteiger partial charge in [-0.1, -0.05) is 19.6 Å². The maximum absolute atomic E-state index is 13.4. The summed E-state index contributed by atoms with van der Waals surface area (Å²) in [7, 11) is -1.12. The lowest BCUT2D eigenvalue weighted by atomic mass is 10.1. The highest BCUT2D eigenvalue weighted by atomic mass is 127. The second-order valence-electron chi connectivity index (χ2n) is 7.79. The van der Waals surface area contributed by atoms with Crippen LogP contribution in [0.5, 0.6) is 0 Å². The molecule has 2 aromatic heterocycles. The van der Waals surface area contributed by atoms with Gasteiger partial charge in [0.15, 0.2) is 0 Å². The number of ether oxygens (including phenoxy) is 1. The summed E-state index contributed by atoms with van der Waals surface area (Å²) in [6, 6.07) is 6.56. The third kappa shape index (κ3) is 5.55. The molecule has 0 unspecified atom stereocenters. The van der Waals surface area contributed by atoms with E-state index in [9.17, 15) is 8.78 Å². The first-order chi connectivity index (χ1) is 12.7. The summed E-state index contributed by atoms with van der Waals surface area (Å²) in [5, 5.41) is 5.49. The Morgan fingerprint density at radius 3 is 2.48 bits per heavy atom. The smallest absolute Gasteiger partial charge is 0.140 e. The van der Waals surface area contributed by atoms with Gasteiger partial charge in [-0.3, -0.25) is 4.98 Å². The third-order valence-corrected chi connectivity index (χ3v) is 6.67. The van der Waals surface area contributed by atoms with E-state index in [0.29, 0.717) is 18.7 Å². The Hall–Kier alpha value is -1.39. The minimum atomic E-state index is -1.12. The fraction of sp³-hybridized carbons (Fsp3) is 0.368. The van der Waals surface area contributed by atoms with Gasteiger partial charge in [-0.25, -0.2) is 13.5 Å². The molecular weight excluding hydrogens is 479 g/mol. The molecule has 0 aliphatic rings. The SMILES string of the molecule is C[Si](C)(C)CCOCn1nc(I)c2cc(Cc3cc(F)cc(F)c3)ncc21. The standard InChI is InChI=1S/C19H22F2IN3OSi/c1-27(2,3)5-4-26-12-25-18-11-23-16(10-17(18)19(22)24-25)8-13-6-14(20)9-15(21)7-13/h6-7,9-11H,4-5,8,12H2,1-3H3. The van der Waals surface area contributed by atoms with Crippen molar-refractivity contribution in [3.63, 3.8) is 0 Å². The molecule has 0 aliphatic heterocycles. The molecule has 144 valence electrons. The molecule has 2 heterocycles. The number of nitrogens with zero attached hydrogens (tertiary/aromatic N) is 3. The van der Waals surface area contributed by atoms with Gasteiger partial charge in [0.2, 0.25) is 0 Å². The minimum absolute atomic E-state index is 0.360. The first kappa shape index (κ1) is 20.3. The molecule has 0 radical (unpaired) electrons. The van der Waals surface area contributed by atoms with Crippen LogP contribution < -0.4 is 0 Å². The Labute approximate surface area is 172 Å². The molecule has 3 aromatic rings. The zero-order valence-electron chi connectivity index (χ0n) is 15.6. The zero-order chi connectivity index (χ0) is 19.6. The second kappa shape index (κ2) is 8.32. The Morgan fingerprint density at radius 1 is 1.11 bits per heavy atom. The van der Waals surface area contributed by atoms with E-state index >= 15 is 0 Å². The minimum Gasteiger partial charge on any atom is -0.360 e. The van der Waals surface area contributed by atoms with Gasteiger partial charge in [-0.05, 0) is 52.4 Å². The van der Waals surface area contributed by atoms with Crippen LogP contribution in [0, 0.1) is 15.3 Å². The van der Waals surface area contributed by atoms with Gasteiger partial charge in [0.25, 0.3) is 0 Å². The fourth-order valence-corrected chi connectivity index (χ4v) is 4.17. The van der Waals surface area contributed by atoms with Gasteiger partial charge in [0.1, 0.15) is 22.1 Å². The Balaban J connectivity index is 1.75. The van der Waals surface area contributed by atoms with Crippen molar-refractivity contribution in [2.75, 3.05) is 6.61 Å². The Morgan fingerprint density at radius 2 is 1.81 bits per heavy atom. The van der Waals surface area contributed by atoms with E-state index in [0.717, 1.165) is 39.0 Å². The largest absolute Gasteiger partial charge is 0.360 e. The summed E-state index contributed by atoms with van der Waals surface area (Å²) < 4.78 is 35.2. The average molecular weight is 501 g/mol. The van der Waals surface area contributed by atoms with Crippen LogP contribution in [0.15, 0.2) is 30.5 Å². The van der Waals surface area contributed by atoms with Crippen LogP contribution in [0.1, 0.15) is 11.3 Å². The summed E-state index contributed by atoms with van der Waals surface area (Å²) in [6.45, 7) is 8.07. The van der Waals surface area contributed by atoms with Gasteiger partial charge >= 0.3 is 0 Å². The molecule has 0 aliphatic carbocycles. The van der Waals surface area contributed by atoms with Crippen molar-refractivity contribution in [1.29, 1.82) is 0 Å². The van der Waals surface area contributed by atoms with E-state index < -0.39 is 19.7 Å². The first-order valence-corrected chi connectivity index (χ1v) is 13.5. The average Bonchev–Trinajstić information content (AvgIpc) is 2.86. The molecule has 4 nitrogen and oxygen atoms in total. The topological polar surface area (TPSA) is 39.9 Å². The molecule has 0 saturated heterocycles. The molecule has 0 amide bonds. The lowest BCUT2D eigenvalue weighted by Crippen LogP contribution is -2.22. The van der Waals surface area contributed by atoms with Crippen LogP contribution >= 0.6 is 22.6 Å². The number of pyridine rings is 1. The highest BCUT2D eigenvalue weighted by Crippen LogP contribution is 2.22. The lowest BCUT2D eigenvalue weighted by molar-refractivity contribution is 0.0814. The summed E-state index contributed by atoms with van der Waals surface area (Å²) >= 11 is 2.18. The molecule has 0 atom stereocenters. The highest BCUT2D eigenvalue weighted by Gasteiger charge is 2.14. The number of rotatable bonds is 7. The van der Waals surface area contributed by atoms with E-state index in [2.05, 4.69) is 52.3 Å².